The predicted molar refractivity (Wildman–Crippen MR) is 530 cm³/mol. The van der Waals surface area contributed by atoms with Crippen molar-refractivity contribution in [2.45, 2.75) is 297 Å². The van der Waals surface area contributed by atoms with Crippen LogP contribution in [0.4, 0.5) is 0 Å². The second-order valence-electron chi connectivity index (χ2n) is 41.3. The third-order valence-electron chi connectivity index (χ3n) is 21.4. The summed E-state index contributed by atoms with van der Waals surface area (Å²) in [4.78, 5) is 77.2. The molecule has 0 aromatic heterocycles. The summed E-state index contributed by atoms with van der Waals surface area (Å²) in [6, 6.07) is 50.2. The van der Waals surface area contributed by atoms with Crippen LogP contribution < -0.4 is 0 Å². The maximum absolute atomic E-state index is 13.1. The molecule has 0 N–H and O–H groups in total. The number of carbonyl (C=O) groups is 6. The zero-order valence-corrected chi connectivity index (χ0v) is 86.5. The van der Waals surface area contributed by atoms with Crippen molar-refractivity contribution in [2.24, 2.45) is 0 Å². The highest BCUT2D eigenvalue weighted by Gasteiger charge is 2.48. The Hall–Kier alpha value is -8.83. The second-order valence-corrected chi connectivity index (χ2v) is 54.4. The molecule has 0 unspecified atom stereocenters. The highest BCUT2D eigenvalue weighted by Crippen LogP contribution is 2.58. The van der Waals surface area contributed by atoms with E-state index < -0.39 is 66.0 Å². The molecule has 0 atom stereocenters. The molecule has 8 aromatic rings. The van der Waals surface area contributed by atoms with Crippen molar-refractivity contribution < 1.29 is 57.2 Å². The summed E-state index contributed by atoms with van der Waals surface area (Å²) in [6.07, 6.45) is 16.8. The molecule has 0 heterocycles. The van der Waals surface area contributed by atoms with Gasteiger partial charge in [-0.1, -0.05) is 175 Å². The summed E-state index contributed by atoms with van der Waals surface area (Å²) in [5, 5.41) is 0. The van der Waals surface area contributed by atoms with Gasteiger partial charge in [0.05, 0.1) is 0 Å². The Labute approximate surface area is 786 Å². The van der Waals surface area contributed by atoms with Crippen molar-refractivity contribution in [1.82, 2.24) is 0 Å². The molecule has 0 fully saturated rings. The van der Waals surface area contributed by atoms with Gasteiger partial charge >= 0.3 is 35.8 Å². The fourth-order valence-electron chi connectivity index (χ4n) is 16.7. The van der Waals surface area contributed by atoms with Gasteiger partial charge in [0, 0.05) is 94.9 Å². The van der Waals surface area contributed by atoms with E-state index in [1.165, 1.54) is 22.3 Å². The van der Waals surface area contributed by atoms with E-state index in [2.05, 4.69) is 235 Å². The largest absolute Gasteiger partial charge is 0.460 e. The van der Waals surface area contributed by atoms with Gasteiger partial charge < -0.3 is 28.4 Å². The van der Waals surface area contributed by atoms with Gasteiger partial charge in [-0.05, 0) is 356 Å². The summed E-state index contributed by atoms with van der Waals surface area (Å²) < 4.78 is 38.2. The van der Waals surface area contributed by atoms with Crippen LogP contribution in [0.15, 0.2) is 163 Å². The number of benzene rings is 8. The lowest BCUT2D eigenvalue weighted by molar-refractivity contribution is -0.157. The maximum atomic E-state index is 13.1. The molecule has 0 bridgehead atoms. The molecular weight excluding hydrogens is 1860 g/mol. The lowest BCUT2D eigenvalue weighted by Gasteiger charge is -2.33. The van der Waals surface area contributed by atoms with Gasteiger partial charge in [-0.25, -0.2) is 0 Å². The Balaban J connectivity index is 0.000000198. The van der Waals surface area contributed by atoms with Gasteiger partial charge in [0.2, 0.25) is 0 Å². The van der Waals surface area contributed by atoms with Crippen molar-refractivity contribution >= 4 is 116 Å². The van der Waals surface area contributed by atoms with Crippen LogP contribution in [0.5, 0.6) is 0 Å². The SMILES string of the molecule is Brc1ccc2c(c1)Cc1cc(Br)ccc1-2.C#Cc1ccc2c(c1)C(CCC(=O)OC(C)(C)C)(CCC(=O)OC(C)(C)C)c1cc(C#C)ccc1-2.CC(C)(C)OC(=O)CCC1(CCC(=O)OC(C)(C)C)c2cc(Br)ccc2-c2ccc(Br)cc21.CC(C)(C)OC(=O)CCC1(CCC(=O)OC(C)(C)C)c2cc(C#C[Si](C)(C)C)ccc2-c2ccc(C#C[Si](C)(C)C)cc21. The fraction of sp³-hybridized carbons (Fsp3) is 0.426. The Morgan fingerprint density at radius 1 is 0.294 bits per heavy atom. The third-order valence-corrected chi connectivity index (χ3v) is 25.1. The molecule has 0 amide bonds. The smallest absolute Gasteiger partial charge is 0.306 e. The van der Waals surface area contributed by atoms with Crippen molar-refractivity contribution in [3.05, 3.63) is 230 Å². The molecule has 4 aliphatic rings. The zero-order chi connectivity index (χ0) is 93.5. The molecule has 0 spiro atoms. The number of fused-ring (bicyclic) bond motifs is 12. The van der Waals surface area contributed by atoms with E-state index in [1.54, 1.807) is 0 Å². The lowest BCUT2D eigenvalue weighted by Crippen LogP contribution is -2.31. The number of hydrogen-bond acceptors (Lipinski definition) is 12. The van der Waals surface area contributed by atoms with Crippen LogP contribution in [0, 0.1) is 47.6 Å². The van der Waals surface area contributed by atoms with Crippen LogP contribution >= 0.6 is 63.7 Å². The first-order chi connectivity index (χ1) is 58.3. The average Bonchev–Trinajstić information content (AvgIpc) is 1.58. The maximum Gasteiger partial charge on any atom is 0.306 e. The van der Waals surface area contributed by atoms with E-state index in [-0.39, 0.29) is 74.3 Å². The fourth-order valence-corrected chi connectivity index (χ4v) is 19.2. The minimum Gasteiger partial charge on any atom is -0.460 e. The molecule has 8 aromatic carbocycles. The Morgan fingerprint density at radius 2 is 0.484 bits per heavy atom. The number of terminal acetylenes is 2. The molecule has 126 heavy (non-hydrogen) atoms. The molecule has 0 radical (unpaired) electrons. The average molecular weight is 1990 g/mol. The number of rotatable bonds is 18. The first kappa shape index (κ1) is 101. The molecule has 18 heteroatoms. The van der Waals surface area contributed by atoms with Crippen molar-refractivity contribution in [1.29, 1.82) is 0 Å². The van der Waals surface area contributed by atoms with Gasteiger partial charge in [-0.2, -0.15) is 0 Å². The van der Waals surface area contributed by atoms with E-state index >= 15 is 0 Å². The zero-order valence-electron chi connectivity index (χ0n) is 78.1. The lowest BCUT2D eigenvalue weighted by atomic mass is 9.70. The van der Waals surface area contributed by atoms with Gasteiger partial charge in [-0.15, -0.1) is 23.9 Å². The molecule has 664 valence electrons. The molecule has 0 saturated carbocycles. The van der Waals surface area contributed by atoms with E-state index in [9.17, 15) is 28.8 Å². The highest BCUT2D eigenvalue weighted by molar-refractivity contribution is 9.11. The van der Waals surface area contributed by atoms with E-state index in [0.717, 1.165) is 113 Å². The Kier molecular flexibility index (Phi) is 32.1. The summed E-state index contributed by atoms with van der Waals surface area (Å²) in [7, 11) is -3.20. The van der Waals surface area contributed by atoms with Crippen molar-refractivity contribution in [3.63, 3.8) is 0 Å². The first-order valence-corrected chi connectivity index (χ1v) is 53.5. The predicted octanol–water partition coefficient (Wildman–Crippen LogP) is 27.3. The van der Waals surface area contributed by atoms with Crippen molar-refractivity contribution in [3.8, 4) is 92.1 Å². The van der Waals surface area contributed by atoms with Crippen LogP contribution in [0.1, 0.15) is 268 Å². The van der Waals surface area contributed by atoms with Gasteiger partial charge in [0.1, 0.15) is 49.8 Å². The monoisotopic (exact) mass is 1980 g/mol. The van der Waals surface area contributed by atoms with Gasteiger partial charge in [0.25, 0.3) is 0 Å². The number of ether oxygens (including phenoxy) is 6. The normalized spacial score (nSPS) is 13.8. The van der Waals surface area contributed by atoms with E-state index in [0.29, 0.717) is 38.5 Å². The Bertz CT molecular complexity index is 5350. The minimum absolute atomic E-state index is 0.186. The summed E-state index contributed by atoms with van der Waals surface area (Å²) in [5.74, 6) is 10.8. The number of halogens is 4. The van der Waals surface area contributed by atoms with Crippen LogP contribution in [-0.4, -0.2) is 85.6 Å². The number of carbonyl (C=O) groups excluding carboxylic acids is 6. The summed E-state index contributed by atoms with van der Waals surface area (Å²) in [6.45, 7) is 47.0. The van der Waals surface area contributed by atoms with Gasteiger partial charge in [-0.3, -0.25) is 28.8 Å². The standard InChI is InChI=1S/C37H50O4Si2.C31H34O4.C27H32Br2O4.C13H8Br2/c1-35(2,3)40-33(38)17-21-37(22-18-34(39)41-36(4,5)6)31-25-27(19-23-42(7,8)9)13-15-29(31)30-16-14-28(26-32(30)37)20-24-43(10,11)12;1-9-21-11-13-23-24-14-12-22(10-2)20-26(24)31(25(23)19-21,17-15-27(32)34-29(3,4)5)18-16-28(33)35-30(6,7)8;1-25(2,3)32-23(30)11-13-27(14-12-24(31)33-26(4,5)6)21-15-17(28)7-9-19(21)20-10-8-18(29)16-22(20)27;14-10-1-3-12-8(6-10)5-9-7-11(15)2-4-13(9)12/h13-16,25-26H,17-18,21-22H2,1-12H3;1-2,11-14,19-20H,15-18H2,3-8H3;7-10,15-16H,11-14H2,1-6H3;1-4,6-7H,5H2. The highest BCUT2D eigenvalue weighted by atomic mass is 79.9. The van der Waals surface area contributed by atoms with Crippen molar-refractivity contribution in [2.75, 3.05) is 0 Å². The summed E-state index contributed by atoms with van der Waals surface area (Å²) >= 11 is 14.3. The van der Waals surface area contributed by atoms with Crippen LogP contribution in [0.25, 0.3) is 44.5 Å². The topological polar surface area (TPSA) is 158 Å². The van der Waals surface area contributed by atoms with Crippen LogP contribution in [0.3, 0.4) is 0 Å². The second kappa shape index (κ2) is 40.0. The minimum atomic E-state index is -1.60. The third kappa shape index (κ3) is 27.6. The van der Waals surface area contributed by atoms with Gasteiger partial charge in [0.15, 0.2) is 0 Å². The Morgan fingerprint density at radius 3 is 0.698 bits per heavy atom. The summed E-state index contributed by atoms with van der Waals surface area (Å²) in [5.41, 5.74) is 23.8. The molecule has 0 aliphatic heterocycles. The van der Waals surface area contributed by atoms with Crippen LogP contribution in [0.2, 0.25) is 39.3 Å². The molecular formula is C108H124Br4O12Si2. The first-order valence-electron chi connectivity index (χ1n) is 43.4. The molecule has 12 rings (SSSR count). The van der Waals surface area contributed by atoms with E-state index in [4.69, 9.17) is 41.3 Å². The number of esters is 6. The molecule has 4 aliphatic carbocycles. The number of hydrogen-bond donors (Lipinski definition) is 0. The molecule has 0 saturated heterocycles. The van der Waals surface area contributed by atoms with E-state index in [1.807, 2.05) is 173 Å². The molecule has 12 nitrogen and oxygen atoms in total. The van der Waals surface area contributed by atoms with Crippen LogP contribution in [-0.2, 0) is 79.9 Å². The quantitative estimate of drug-likeness (QED) is 0.0347.